The quantitative estimate of drug-likeness (QED) is 0.746. The maximum atomic E-state index is 12.3. The van der Waals surface area contributed by atoms with Crippen LogP contribution in [0.1, 0.15) is 25.3 Å². The van der Waals surface area contributed by atoms with Crippen LogP contribution in [0.25, 0.3) is 0 Å². The fourth-order valence-corrected chi connectivity index (χ4v) is 2.91. The van der Waals surface area contributed by atoms with Gasteiger partial charge in [0.2, 0.25) is 15.9 Å². The van der Waals surface area contributed by atoms with Gasteiger partial charge in [0.1, 0.15) is 0 Å². The Balaban J connectivity index is 1.95. The number of benzene rings is 1. The molecule has 21 heavy (non-hydrogen) atoms. The molecule has 0 spiro atoms. The summed E-state index contributed by atoms with van der Waals surface area (Å²) >= 11 is 0. The minimum atomic E-state index is -3.67. The lowest BCUT2D eigenvalue weighted by atomic mass is 9.80. The zero-order chi connectivity index (χ0) is 15.5. The standard InChI is InChI=1S/C14H21N3O3S/c1-14(6-8-16-9-7-14)13(18)17-10-11-2-4-12(5-3-11)21(15,19)20/h2-5,16H,6-10H2,1H3,(H,17,18)(H2,15,19,20). The van der Waals surface area contributed by atoms with Crippen molar-refractivity contribution in [2.75, 3.05) is 13.1 Å². The minimum Gasteiger partial charge on any atom is -0.352 e. The van der Waals surface area contributed by atoms with E-state index in [2.05, 4.69) is 10.6 Å². The van der Waals surface area contributed by atoms with Gasteiger partial charge in [-0.2, -0.15) is 0 Å². The fourth-order valence-electron chi connectivity index (χ4n) is 2.40. The SMILES string of the molecule is CC1(C(=O)NCc2ccc(S(N)(=O)=O)cc2)CCNCC1. The van der Waals surface area contributed by atoms with Crippen molar-refractivity contribution in [3.05, 3.63) is 29.8 Å². The molecular formula is C14H21N3O3S. The summed E-state index contributed by atoms with van der Waals surface area (Å²) in [7, 11) is -3.67. The molecule has 1 aliphatic heterocycles. The molecule has 1 aromatic rings. The summed E-state index contributed by atoms with van der Waals surface area (Å²) in [5, 5.41) is 11.2. The Morgan fingerprint density at radius 3 is 2.38 bits per heavy atom. The summed E-state index contributed by atoms with van der Waals surface area (Å²) in [6.07, 6.45) is 1.65. The highest BCUT2D eigenvalue weighted by molar-refractivity contribution is 7.89. The monoisotopic (exact) mass is 311 g/mol. The van der Waals surface area contributed by atoms with Crippen molar-refractivity contribution in [3.8, 4) is 0 Å². The molecule has 0 bridgehead atoms. The highest BCUT2D eigenvalue weighted by Crippen LogP contribution is 2.28. The van der Waals surface area contributed by atoms with Crippen LogP contribution >= 0.6 is 0 Å². The van der Waals surface area contributed by atoms with E-state index in [4.69, 9.17) is 5.14 Å². The van der Waals surface area contributed by atoms with Crippen LogP contribution < -0.4 is 15.8 Å². The molecule has 1 fully saturated rings. The molecule has 0 radical (unpaired) electrons. The Bertz CT molecular complexity index is 605. The number of piperidine rings is 1. The zero-order valence-corrected chi connectivity index (χ0v) is 12.9. The van der Waals surface area contributed by atoms with E-state index in [1.807, 2.05) is 6.92 Å². The number of sulfonamides is 1. The fraction of sp³-hybridized carbons (Fsp3) is 0.500. The third-order valence-electron chi connectivity index (χ3n) is 3.96. The van der Waals surface area contributed by atoms with Crippen molar-refractivity contribution < 1.29 is 13.2 Å². The third kappa shape index (κ3) is 4.03. The lowest BCUT2D eigenvalue weighted by Gasteiger charge is -2.32. The summed E-state index contributed by atoms with van der Waals surface area (Å²) in [6, 6.07) is 6.21. The highest BCUT2D eigenvalue weighted by atomic mass is 32.2. The normalized spacial score (nSPS) is 18.2. The smallest absolute Gasteiger partial charge is 0.238 e. The van der Waals surface area contributed by atoms with Gasteiger partial charge in [0, 0.05) is 12.0 Å². The molecule has 7 heteroatoms. The molecule has 0 atom stereocenters. The number of carbonyl (C=O) groups excluding carboxylic acids is 1. The molecule has 1 heterocycles. The van der Waals surface area contributed by atoms with Crippen LogP contribution in [0.3, 0.4) is 0 Å². The van der Waals surface area contributed by atoms with Gasteiger partial charge in [0.15, 0.2) is 0 Å². The molecule has 6 nitrogen and oxygen atoms in total. The minimum absolute atomic E-state index is 0.0412. The molecular weight excluding hydrogens is 290 g/mol. The van der Waals surface area contributed by atoms with Crippen molar-refractivity contribution in [1.29, 1.82) is 0 Å². The Morgan fingerprint density at radius 2 is 1.86 bits per heavy atom. The van der Waals surface area contributed by atoms with Gasteiger partial charge in [-0.3, -0.25) is 4.79 Å². The van der Waals surface area contributed by atoms with Crippen LogP contribution in [0.15, 0.2) is 29.2 Å². The molecule has 0 aliphatic carbocycles. The van der Waals surface area contributed by atoms with E-state index in [9.17, 15) is 13.2 Å². The van der Waals surface area contributed by atoms with E-state index in [-0.39, 0.29) is 16.2 Å². The molecule has 0 saturated carbocycles. The summed E-state index contributed by atoms with van der Waals surface area (Å²) in [5.74, 6) is 0.0412. The van der Waals surface area contributed by atoms with Gasteiger partial charge in [0.05, 0.1) is 4.90 Å². The van der Waals surface area contributed by atoms with Gasteiger partial charge in [-0.25, -0.2) is 13.6 Å². The first-order valence-corrected chi connectivity index (χ1v) is 8.47. The maximum absolute atomic E-state index is 12.3. The van der Waals surface area contributed by atoms with Crippen LogP contribution in [0.2, 0.25) is 0 Å². The molecule has 1 aromatic carbocycles. The average molecular weight is 311 g/mol. The number of nitrogens with two attached hydrogens (primary N) is 1. The number of amides is 1. The number of hydrogen-bond acceptors (Lipinski definition) is 4. The Labute approximate surface area is 125 Å². The second-order valence-electron chi connectivity index (χ2n) is 5.68. The van der Waals surface area contributed by atoms with Gasteiger partial charge in [-0.15, -0.1) is 0 Å². The lowest BCUT2D eigenvalue weighted by molar-refractivity contribution is -0.131. The zero-order valence-electron chi connectivity index (χ0n) is 12.1. The lowest BCUT2D eigenvalue weighted by Crippen LogP contribution is -2.45. The number of hydrogen-bond donors (Lipinski definition) is 3. The van der Waals surface area contributed by atoms with Crippen LogP contribution in [0, 0.1) is 5.41 Å². The molecule has 0 aromatic heterocycles. The van der Waals surface area contributed by atoms with E-state index in [1.54, 1.807) is 12.1 Å². The topological polar surface area (TPSA) is 101 Å². The van der Waals surface area contributed by atoms with Crippen LogP contribution in [-0.4, -0.2) is 27.4 Å². The van der Waals surface area contributed by atoms with Crippen molar-refractivity contribution in [2.24, 2.45) is 10.6 Å². The molecule has 4 N–H and O–H groups in total. The van der Waals surface area contributed by atoms with Gasteiger partial charge in [-0.1, -0.05) is 19.1 Å². The van der Waals surface area contributed by atoms with Crippen molar-refractivity contribution in [3.63, 3.8) is 0 Å². The van der Waals surface area contributed by atoms with E-state index in [0.717, 1.165) is 31.5 Å². The Hall–Kier alpha value is -1.44. The van der Waals surface area contributed by atoms with E-state index in [0.29, 0.717) is 6.54 Å². The molecule has 1 saturated heterocycles. The van der Waals surface area contributed by atoms with E-state index in [1.165, 1.54) is 12.1 Å². The number of rotatable bonds is 4. The van der Waals surface area contributed by atoms with Gasteiger partial charge in [-0.05, 0) is 43.6 Å². The van der Waals surface area contributed by atoms with Gasteiger partial charge < -0.3 is 10.6 Å². The molecule has 2 rings (SSSR count). The molecule has 116 valence electrons. The van der Waals surface area contributed by atoms with Crippen molar-refractivity contribution in [1.82, 2.24) is 10.6 Å². The van der Waals surface area contributed by atoms with E-state index < -0.39 is 10.0 Å². The predicted molar refractivity (Wildman–Crippen MR) is 79.9 cm³/mol. The van der Waals surface area contributed by atoms with Crippen molar-refractivity contribution in [2.45, 2.75) is 31.2 Å². The third-order valence-corrected chi connectivity index (χ3v) is 4.89. The highest BCUT2D eigenvalue weighted by Gasteiger charge is 2.34. The Morgan fingerprint density at radius 1 is 1.29 bits per heavy atom. The summed E-state index contributed by atoms with van der Waals surface area (Å²) in [6.45, 7) is 4.07. The molecule has 0 unspecified atom stereocenters. The van der Waals surface area contributed by atoms with Gasteiger partial charge in [0.25, 0.3) is 0 Å². The maximum Gasteiger partial charge on any atom is 0.238 e. The largest absolute Gasteiger partial charge is 0.352 e. The van der Waals surface area contributed by atoms with Gasteiger partial charge >= 0.3 is 0 Å². The first kappa shape index (κ1) is 15.9. The number of carbonyl (C=O) groups is 1. The first-order chi connectivity index (χ1) is 9.81. The number of primary sulfonamides is 1. The second-order valence-corrected chi connectivity index (χ2v) is 7.24. The first-order valence-electron chi connectivity index (χ1n) is 6.92. The second kappa shape index (κ2) is 6.13. The average Bonchev–Trinajstić information content (AvgIpc) is 2.45. The predicted octanol–water partition coefficient (Wildman–Crippen LogP) is 0.340. The van der Waals surface area contributed by atoms with Crippen LogP contribution in [0.5, 0.6) is 0 Å². The number of nitrogens with one attached hydrogen (secondary N) is 2. The summed E-state index contributed by atoms with van der Waals surface area (Å²) < 4.78 is 22.3. The van der Waals surface area contributed by atoms with Crippen LogP contribution in [-0.2, 0) is 21.4 Å². The van der Waals surface area contributed by atoms with Crippen molar-refractivity contribution >= 4 is 15.9 Å². The van der Waals surface area contributed by atoms with Crippen LogP contribution in [0.4, 0.5) is 0 Å². The summed E-state index contributed by atoms with van der Waals surface area (Å²) in [4.78, 5) is 12.3. The summed E-state index contributed by atoms with van der Waals surface area (Å²) in [5.41, 5.74) is 0.513. The molecule has 1 amide bonds. The molecule has 1 aliphatic rings. The van der Waals surface area contributed by atoms with E-state index >= 15 is 0 Å². The Kier molecular flexibility index (Phi) is 4.65.